The van der Waals surface area contributed by atoms with Gasteiger partial charge < -0.3 is 15.7 Å². The predicted molar refractivity (Wildman–Crippen MR) is 120 cm³/mol. The van der Waals surface area contributed by atoms with E-state index in [1.54, 1.807) is 6.07 Å². The lowest BCUT2D eigenvalue weighted by Crippen LogP contribution is -2.39. The van der Waals surface area contributed by atoms with Crippen LogP contribution in [-0.2, 0) is 6.42 Å². The smallest absolute Gasteiger partial charge is 0.254 e. The number of nitrogens with one attached hydrogen (secondary N) is 2. The summed E-state index contributed by atoms with van der Waals surface area (Å²) in [5.74, 6) is -1.79. The highest BCUT2D eigenvalue weighted by atomic mass is 35.5. The minimum Gasteiger partial charge on any atom is -0.394 e. The van der Waals surface area contributed by atoms with E-state index in [2.05, 4.69) is 10.6 Å². The number of anilines is 1. The van der Waals surface area contributed by atoms with E-state index in [0.29, 0.717) is 30.3 Å². The van der Waals surface area contributed by atoms with E-state index in [9.17, 15) is 18.7 Å². The van der Waals surface area contributed by atoms with E-state index >= 15 is 0 Å². The van der Waals surface area contributed by atoms with Crippen LogP contribution in [0.5, 0.6) is 0 Å². The molecule has 168 valence electrons. The van der Waals surface area contributed by atoms with Gasteiger partial charge in [0.15, 0.2) is 0 Å². The summed E-state index contributed by atoms with van der Waals surface area (Å²) < 4.78 is 29.1. The molecule has 2 aromatic carbocycles. The zero-order valence-corrected chi connectivity index (χ0v) is 18.2. The standard InChI is InChI=1S/C24H29ClF2N2O2/c25-20-9-5-4-8-17(20)10-11-28-23-14-21(26)19(13-22(23)27)24(31)29-18(15-30)12-16-6-2-1-3-7-16/h4-5,8-9,13-14,16,18,28,30H,1-3,6-7,10-12,15H2,(H,29,31). The highest BCUT2D eigenvalue weighted by molar-refractivity contribution is 6.31. The van der Waals surface area contributed by atoms with Gasteiger partial charge in [0.05, 0.1) is 23.9 Å². The first kappa shape index (κ1) is 23.5. The van der Waals surface area contributed by atoms with E-state index in [-0.39, 0.29) is 17.9 Å². The molecule has 1 amide bonds. The average Bonchev–Trinajstić information content (AvgIpc) is 2.77. The van der Waals surface area contributed by atoms with Gasteiger partial charge in [0.25, 0.3) is 5.91 Å². The number of hydrogen-bond acceptors (Lipinski definition) is 3. The molecule has 1 unspecified atom stereocenters. The molecule has 0 saturated heterocycles. The molecule has 1 aliphatic rings. The first-order valence-corrected chi connectivity index (χ1v) is 11.2. The molecule has 0 aliphatic heterocycles. The van der Waals surface area contributed by atoms with Crippen LogP contribution in [0, 0.1) is 17.6 Å². The van der Waals surface area contributed by atoms with Crippen molar-refractivity contribution < 1.29 is 18.7 Å². The number of halogens is 3. The van der Waals surface area contributed by atoms with Gasteiger partial charge in [-0.25, -0.2) is 8.78 Å². The minimum absolute atomic E-state index is 0.0120. The van der Waals surface area contributed by atoms with Crippen LogP contribution in [-0.4, -0.2) is 30.2 Å². The van der Waals surface area contributed by atoms with E-state index in [4.69, 9.17) is 11.6 Å². The summed E-state index contributed by atoms with van der Waals surface area (Å²) in [6.07, 6.45) is 6.86. The normalized spacial score (nSPS) is 15.5. The molecule has 1 aliphatic carbocycles. The van der Waals surface area contributed by atoms with Gasteiger partial charge in [-0.15, -0.1) is 0 Å². The summed E-state index contributed by atoms with van der Waals surface area (Å²) >= 11 is 6.11. The van der Waals surface area contributed by atoms with Crippen LogP contribution in [0.2, 0.25) is 5.02 Å². The molecule has 0 spiro atoms. The summed E-state index contributed by atoms with van der Waals surface area (Å²) in [6.45, 7) is 0.133. The zero-order chi connectivity index (χ0) is 22.2. The van der Waals surface area contributed by atoms with Crippen molar-refractivity contribution in [3.63, 3.8) is 0 Å². The molecule has 0 radical (unpaired) electrons. The number of carbonyl (C=O) groups excluding carboxylic acids is 1. The summed E-state index contributed by atoms with van der Waals surface area (Å²) in [4.78, 5) is 12.5. The first-order chi connectivity index (χ1) is 15.0. The van der Waals surface area contributed by atoms with Gasteiger partial charge in [0, 0.05) is 17.6 Å². The van der Waals surface area contributed by atoms with Crippen LogP contribution in [0.25, 0.3) is 0 Å². The predicted octanol–water partition coefficient (Wildman–Crippen LogP) is 5.33. The topological polar surface area (TPSA) is 61.4 Å². The van der Waals surface area contributed by atoms with Crippen LogP contribution in [0.1, 0.15) is 54.4 Å². The number of aliphatic hydroxyl groups is 1. The Morgan fingerprint density at radius 3 is 2.58 bits per heavy atom. The highest BCUT2D eigenvalue weighted by Gasteiger charge is 2.22. The monoisotopic (exact) mass is 450 g/mol. The molecule has 7 heteroatoms. The van der Waals surface area contributed by atoms with Gasteiger partial charge in [0.1, 0.15) is 11.6 Å². The fraction of sp³-hybridized carbons (Fsp3) is 0.458. The number of amides is 1. The lowest BCUT2D eigenvalue weighted by molar-refractivity contribution is 0.0897. The first-order valence-electron chi connectivity index (χ1n) is 10.9. The van der Waals surface area contributed by atoms with Crippen molar-refractivity contribution in [2.24, 2.45) is 5.92 Å². The molecular weight excluding hydrogens is 422 g/mol. The van der Waals surface area contributed by atoms with Gasteiger partial charge in [-0.1, -0.05) is 61.9 Å². The molecule has 0 heterocycles. The Hall–Kier alpha value is -2.18. The molecular formula is C24H29ClF2N2O2. The Balaban J connectivity index is 1.59. The maximum absolute atomic E-state index is 14.6. The molecule has 1 saturated carbocycles. The van der Waals surface area contributed by atoms with E-state index < -0.39 is 23.6 Å². The van der Waals surface area contributed by atoms with Crippen LogP contribution in [0.15, 0.2) is 36.4 Å². The van der Waals surface area contributed by atoms with Gasteiger partial charge in [-0.05, 0) is 36.5 Å². The summed E-state index contributed by atoms with van der Waals surface area (Å²) in [5.41, 5.74) is 0.528. The summed E-state index contributed by atoms with van der Waals surface area (Å²) in [7, 11) is 0. The Bertz CT molecular complexity index is 888. The lowest BCUT2D eigenvalue weighted by Gasteiger charge is -2.26. The summed E-state index contributed by atoms with van der Waals surface area (Å²) in [6, 6.07) is 8.77. The fourth-order valence-corrected chi connectivity index (χ4v) is 4.39. The Kier molecular flexibility index (Phi) is 8.67. The van der Waals surface area contributed by atoms with Crippen LogP contribution in [0.3, 0.4) is 0 Å². The number of aliphatic hydroxyl groups excluding tert-OH is 1. The van der Waals surface area contributed by atoms with Crippen LogP contribution < -0.4 is 10.6 Å². The summed E-state index contributed by atoms with van der Waals surface area (Å²) in [5, 5.41) is 15.8. The minimum atomic E-state index is -0.812. The average molecular weight is 451 g/mol. The maximum Gasteiger partial charge on any atom is 0.254 e. The number of carbonyl (C=O) groups is 1. The molecule has 3 rings (SSSR count). The molecule has 0 aromatic heterocycles. The largest absolute Gasteiger partial charge is 0.394 e. The Morgan fingerprint density at radius 1 is 1.13 bits per heavy atom. The molecule has 4 nitrogen and oxygen atoms in total. The number of rotatable bonds is 9. The van der Waals surface area contributed by atoms with E-state index in [1.807, 2.05) is 18.2 Å². The van der Waals surface area contributed by atoms with Crippen LogP contribution in [0.4, 0.5) is 14.5 Å². The van der Waals surface area contributed by atoms with Crippen molar-refractivity contribution in [3.05, 3.63) is 64.2 Å². The Morgan fingerprint density at radius 2 is 1.87 bits per heavy atom. The van der Waals surface area contributed by atoms with Crippen LogP contribution >= 0.6 is 11.6 Å². The fourth-order valence-electron chi connectivity index (χ4n) is 4.16. The van der Waals surface area contributed by atoms with E-state index in [1.165, 1.54) is 6.42 Å². The van der Waals surface area contributed by atoms with Gasteiger partial charge >= 0.3 is 0 Å². The maximum atomic E-state index is 14.6. The molecule has 0 bridgehead atoms. The van der Waals surface area contributed by atoms with Crippen molar-refractivity contribution in [2.45, 2.75) is 51.0 Å². The van der Waals surface area contributed by atoms with Crippen molar-refractivity contribution >= 4 is 23.2 Å². The van der Waals surface area contributed by atoms with Crippen molar-refractivity contribution in [3.8, 4) is 0 Å². The molecule has 3 N–H and O–H groups in total. The van der Waals surface area contributed by atoms with Crippen molar-refractivity contribution in [1.82, 2.24) is 5.32 Å². The molecule has 31 heavy (non-hydrogen) atoms. The lowest BCUT2D eigenvalue weighted by atomic mass is 9.85. The van der Waals surface area contributed by atoms with E-state index in [0.717, 1.165) is 43.4 Å². The van der Waals surface area contributed by atoms with Crippen molar-refractivity contribution in [1.29, 1.82) is 0 Å². The SMILES string of the molecule is O=C(NC(CO)CC1CCCCC1)c1cc(F)c(NCCc2ccccc2Cl)cc1F. The molecule has 1 fully saturated rings. The third kappa shape index (κ3) is 6.65. The quantitative estimate of drug-likeness (QED) is 0.483. The molecule has 1 atom stereocenters. The second-order valence-electron chi connectivity index (χ2n) is 8.17. The third-order valence-electron chi connectivity index (χ3n) is 5.87. The highest BCUT2D eigenvalue weighted by Crippen LogP contribution is 2.27. The van der Waals surface area contributed by atoms with Gasteiger partial charge in [-0.3, -0.25) is 4.79 Å². The number of benzene rings is 2. The second-order valence-corrected chi connectivity index (χ2v) is 8.58. The van der Waals surface area contributed by atoms with Gasteiger partial charge in [0.2, 0.25) is 0 Å². The number of hydrogen-bond donors (Lipinski definition) is 3. The van der Waals surface area contributed by atoms with Gasteiger partial charge in [-0.2, -0.15) is 0 Å². The zero-order valence-electron chi connectivity index (χ0n) is 17.5. The molecule has 2 aromatic rings. The van der Waals surface area contributed by atoms with Crippen molar-refractivity contribution in [2.75, 3.05) is 18.5 Å². The third-order valence-corrected chi connectivity index (χ3v) is 6.24. The Labute approximate surface area is 187 Å². The second kappa shape index (κ2) is 11.4.